The maximum atomic E-state index is 12.1. The summed E-state index contributed by atoms with van der Waals surface area (Å²) in [7, 11) is 0. The standard InChI is InChI=1S/C15H15BrN2OS2/c1-9-12(16)7-11(20-9)8-17-18-15(19)14-6-10-4-2-3-5-13(10)21-14/h6-8H,2-5H2,1H3,(H,18,19)/b17-8-. The Morgan fingerprint density at radius 2 is 2.14 bits per heavy atom. The van der Waals surface area contributed by atoms with Crippen molar-refractivity contribution in [3.05, 3.63) is 41.7 Å². The van der Waals surface area contributed by atoms with Crippen molar-refractivity contribution in [1.29, 1.82) is 0 Å². The number of carbonyl (C=O) groups excluding carboxylic acids is 1. The van der Waals surface area contributed by atoms with Gasteiger partial charge in [-0.15, -0.1) is 22.7 Å². The highest BCUT2D eigenvalue weighted by molar-refractivity contribution is 9.10. The third kappa shape index (κ3) is 3.44. The van der Waals surface area contributed by atoms with E-state index in [2.05, 4.69) is 26.5 Å². The van der Waals surface area contributed by atoms with Crippen LogP contribution >= 0.6 is 38.6 Å². The Labute approximate surface area is 140 Å². The lowest BCUT2D eigenvalue weighted by Crippen LogP contribution is -2.16. The van der Waals surface area contributed by atoms with Gasteiger partial charge in [0.05, 0.1) is 11.1 Å². The van der Waals surface area contributed by atoms with Gasteiger partial charge in [0.2, 0.25) is 0 Å². The number of hydrogen-bond acceptors (Lipinski definition) is 4. The molecule has 1 N–H and O–H groups in total. The van der Waals surface area contributed by atoms with E-state index in [1.165, 1.54) is 28.2 Å². The van der Waals surface area contributed by atoms with Gasteiger partial charge in [-0.2, -0.15) is 5.10 Å². The topological polar surface area (TPSA) is 41.5 Å². The minimum atomic E-state index is -0.113. The highest BCUT2D eigenvalue weighted by Gasteiger charge is 2.16. The number of nitrogens with one attached hydrogen (secondary N) is 1. The Hall–Kier alpha value is -0.980. The summed E-state index contributed by atoms with van der Waals surface area (Å²) < 4.78 is 1.08. The van der Waals surface area contributed by atoms with E-state index in [-0.39, 0.29) is 5.91 Å². The zero-order chi connectivity index (χ0) is 14.8. The lowest BCUT2D eigenvalue weighted by Gasteiger charge is -2.08. The fraction of sp³-hybridized carbons (Fsp3) is 0.333. The summed E-state index contributed by atoms with van der Waals surface area (Å²) in [6, 6.07) is 4.02. The molecule has 1 aliphatic carbocycles. The third-order valence-electron chi connectivity index (χ3n) is 3.45. The molecule has 0 spiro atoms. The fourth-order valence-corrected chi connectivity index (χ4v) is 4.93. The summed E-state index contributed by atoms with van der Waals surface area (Å²) in [5.74, 6) is -0.113. The Morgan fingerprint density at radius 3 is 2.86 bits per heavy atom. The summed E-state index contributed by atoms with van der Waals surface area (Å²) in [6.45, 7) is 2.04. The molecule has 2 aromatic rings. The van der Waals surface area contributed by atoms with E-state index in [4.69, 9.17) is 0 Å². The minimum Gasteiger partial charge on any atom is -0.266 e. The molecule has 6 heteroatoms. The molecule has 2 heterocycles. The Bertz CT molecular complexity index is 660. The monoisotopic (exact) mass is 382 g/mol. The lowest BCUT2D eigenvalue weighted by atomic mass is 9.99. The number of rotatable bonds is 3. The first kappa shape index (κ1) is 14.9. The number of halogens is 1. The SMILES string of the molecule is Cc1sc(/C=N\NC(=O)c2cc3c(s2)CCCC3)cc1Br. The van der Waals surface area contributed by atoms with Gasteiger partial charge in [0, 0.05) is 19.1 Å². The van der Waals surface area contributed by atoms with Crippen molar-refractivity contribution in [2.24, 2.45) is 5.10 Å². The third-order valence-corrected chi connectivity index (χ3v) is 6.76. The molecule has 2 aromatic heterocycles. The number of thiophene rings is 2. The van der Waals surface area contributed by atoms with Crippen molar-refractivity contribution >= 4 is 50.7 Å². The van der Waals surface area contributed by atoms with Crippen molar-refractivity contribution in [3.8, 4) is 0 Å². The van der Waals surface area contributed by atoms with Crippen LogP contribution in [0.2, 0.25) is 0 Å². The fourth-order valence-electron chi connectivity index (χ4n) is 2.36. The number of hydrogen-bond donors (Lipinski definition) is 1. The van der Waals surface area contributed by atoms with Gasteiger partial charge >= 0.3 is 0 Å². The maximum Gasteiger partial charge on any atom is 0.281 e. The predicted octanol–water partition coefficient (Wildman–Crippen LogP) is 4.52. The number of fused-ring (bicyclic) bond motifs is 1. The van der Waals surface area contributed by atoms with Gasteiger partial charge in [-0.1, -0.05) is 0 Å². The first-order valence-corrected chi connectivity index (χ1v) is 9.27. The summed E-state index contributed by atoms with van der Waals surface area (Å²) in [5, 5.41) is 4.05. The van der Waals surface area contributed by atoms with E-state index in [0.717, 1.165) is 27.1 Å². The largest absolute Gasteiger partial charge is 0.281 e. The number of nitrogens with zero attached hydrogens (tertiary/aromatic N) is 1. The minimum absolute atomic E-state index is 0.113. The van der Waals surface area contributed by atoms with Gasteiger partial charge in [-0.3, -0.25) is 4.79 Å². The average Bonchev–Trinajstić information content (AvgIpc) is 3.03. The molecule has 0 saturated carbocycles. The number of hydrazone groups is 1. The number of aryl methyl sites for hydroxylation is 3. The van der Waals surface area contributed by atoms with Crippen molar-refractivity contribution < 1.29 is 4.79 Å². The summed E-state index contributed by atoms with van der Waals surface area (Å²) in [6.07, 6.45) is 6.37. The first-order chi connectivity index (χ1) is 10.1. The smallest absolute Gasteiger partial charge is 0.266 e. The summed E-state index contributed by atoms with van der Waals surface area (Å²) >= 11 is 6.71. The van der Waals surface area contributed by atoms with E-state index in [9.17, 15) is 4.79 Å². The molecule has 110 valence electrons. The summed E-state index contributed by atoms with van der Waals surface area (Å²) in [5.41, 5.74) is 3.96. The molecule has 1 amide bonds. The number of amides is 1. The van der Waals surface area contributed by atoms with E-state index in [1.54, 1.807) is 28.9 Å². The number of carbonyl (C=O) groups is 1. The van der Waals surface area contributed by atoms with Crippen LogP contribution in [0.3, 0.4) is 0 Å². The van der Waals surface area contributed by atoms with Crippen LogP contribution in [0.5, 0.6) is 0 Å². The molecule has 0 bridgehead atoms. The van der Waals surface area contributed by atoms with Gasteiger partial charge in [0.1, 0.15) is 0 Å². The van der Waals surface area contributed by atoms with Gasteiger partial charge in [0.25, 0.3) is 5.91 Å². The molecular formula is C15H15BrN2OS2. The van der Waals surface area contributed by atoms with Crippen molar-refractivity contribution in [2.75, 3.05) is 0 Å². The predicted molar refractivity (Wildman–Crippen MR) is 92.8 cm³/mol. The first-order valence-electron chi connectivity index (χ1n) is 6.84. The van der Waals surface area contributed by atoms with Crippen molar-refractivity contribution in [3.63, 3.8) is 0 Å². The van der Waals surface area contributed by atoms with Crippen LogP contribution in [-0.2, 0) is 12.8 Å². The van der Waals surface area contributed by atoms with Crippen LogP contribution in [0.4, 0.5) is 0 Å². The molecule has 0 aliphatic heterocycles. The van der Waals surface area contributed by atoms with Crippen LogP contribution in [-0.4, -0.2) is 12.1 Å². The van der Waals surface area contributed by atoms with Crippen LogP contribution in [0.15, 0.2) is 21.7 Å². The normalized spacial score (nSPS) is 14.4. The second-order valence-corrected chi connectivity index (χ2v) is 8.30. The molecule has 0 radical (unpaired) electrons. The van der Waals surface area contributed by atoms with Crippen LogP contribution < -0.4 is 5.43 Å². The Morgan fingerprint density at radius 1 is 1.33 bits per heavy atom. The molecule has 0 fully saturated rings. The zero-order valence-corrected chi connectivity index (χ0v) is 14.8. The highest BCUT2D eigenvalue weighted by Crippen LogP contribution is 2.29. The van der Waals surface area contributed by atoms with Crippen LogP contribution in [0.1, 0.15) is 42.7 Å². The second-order valence-electron chi connectivity index (χ2n) is 5.02. The van der Waals surface area contributed by atoms with Crippen molar-refractivity contribution in [2.45, 2.75) is 32.6 Å². The van der Waals surface area contributed by atoms with E-state index in [1.807, 2.05) is 19.1 Å². The second kappa shape index (κ2) is 6.42. The van der Waals surface area contributed by atoms with Crippen molar-refractivity contribution in [1.82, 2.24) is 5.43 Å². The molecule has 0 atom stereocenters. The van der Waals surface area contributed by atoms with Gasteiger partial charge in [-0.25, -0.2) is 5.43 Å². The van der Waals surface area contributed by atoms with Gasteiger partial charge in [-0.05, 0) is 66.2 Å². The molecule has 1 aliphatic rings. The van der Waals surface area contributed by atoms with Gasteiger partial charge in [0.15, 0.2) is 0 Å². The van der Waals surface area contributed by atoms with Crippen LogP contribution in [0.25, 0.3) is 0 Å². The molecule has 3 rings (SSSR count). The lowest BCUT2D eigenvalue weighted by molar-refractivity contribution is 0.0959. The Kier molecular flexibility index (Phi) is 4.57. The zero-order valence-electron chi connectivity index (χ0n) is 11.6. The quantitative estimate of drug-likeness (QED) is 0.614. The highest BCUT2D eigenvalue weighted by atomic mass is 79.9. The summed E-state index contributed by atoms with van der Waals surface area (Å²) in [4.78, 5) is 16.5. The van der Waals surface area contributed by atoms with Crippen LogP contribution in [0, 0.1) is 6.92 Å². The van der Waals surface area contributed by atoms with E-state index >= 15 is 0 Å². The molecule has 0 saturated heterocycles. The maximum absolute atomic E-state index is 12.1. The molecule has 0 unspecified atom stereocenters. The molecular weight excluding hydrogens is 368 g/mol. The Balaban J connectivity index is 1.65. The van der Waals surface area contributed by atoms with Gasteiger partial charge < -0.3 is 0 Å². The van der Waals surface area contributed by atoms with E-state index < -0.39 is 0 Å². The molecule has 21 heavy (non-hydrogen) atoms. The molecule has 3 nitrogen and oxygen atoms in total. The molecule has 0 aromatic carbocycles. The average molecular weight is 383 g/mol. The van der Waals surface area contributed by atoms with E-state index in [0.29, 0.717) is 0 Å².